The zero-order valence-corrected chi connectivity index (χ0v) is 10.9. The molecule has 100 valence electrons. The molecule has 2 heterocycles. The van der Waals surface area contributed by atoms with Crippen LogP contribution in [0.5, 0.6) is 5.75 Å². The van der Waals surface area contributed by atoms with E-state index in [0.717, 1.165) is 29.7 Å². The summed E-state index contributed by atoms with van der Waals surface area (Å²) in [5, 5.41) is 11.0. The highest BCUT2D eigenvalue weighted by molar-refractivity contribution is 5.40. The smallest absolute Gasteiger partial charge is 0.137 e. The van der Waals surface area contributed by atoms with Crippen LogP contribution in [0.15, 0.2) is 35.2 Å². The fourth-order valence-electron chi connectivity index (χ4n) is 2.73. The molecule has 0 aromatic carbocycles. The lowest BCUT2D eigenvalue weighted by Gasteiger charge is -2.32. The van der Waals surface area contributed by atoms with Crippen LogP contribution in [-0.2, 0) is 12.0 Å². The van der Waals surface area contributed by atoms with Gasteiger partial charge in [0.25, 0.3) is 0 Å². The van der Waals surface area contributed by atoms with Gasteiger partial charge in [-0.25, -0.2) is 0 Å². The number of furan rings is 1. The summed E-state index contributed by atoms with van der Waals surface area (Å²) in [7, 11) is 0. The van der Waals surface area contributed by atoms with Crippen LogP contribution in [0.4, 0.5) is 0 Å². The van der Waals surface area contributed by atoms with Crippen LogP contribution in [-0.4, -0.2) is 16.7 Å². The average Bonchev–Trinajstić information content (AvgIpc) is 2.90. The quantitative estimate of drug-likeness (QED) is 0.920. The molecule has 1 atom stereocenters. The summed E-state index contributed by atoms with van der Waals surface area (Å²) in [6, 6.07) is 3.71. The van der Waals surface area contributed by atoms with Gasteiger partial charge in [0.05, 0.1) is 19.1 Å². The van der Waals surface area contributed by atoms with Gasteiger partial charge >= 0.3 is 0 Å². The molecule has 0 amide bonds. The summed E-state index contributed by atoms with van der Waals surface area (Å²) in [6.07, 6.45) is 7.46. The van der Waals surface area contributed by atoms with Gasteiger partial charge in [-0.05, 0) is 31.9 Å². The van der Waals surface area contributed by atoms with Crippen molar-refractivity contribution >= 4 is 0 Å². The first-order valence-electron chi connectivity index (χ1n) is 6.61. The number of hydrogen-bond acceptors (Lipinski definition) is 4. The van der Waals surface area contributed by atoms with Gasteiger partial charge < -0.3 is 14.3 Å². The second kappa shape index (κ2) is 4.70. The third kappa shape index (κ3) is 2.02. The molecule has 1 aliphatic carbocycles. The van der Waals surface area contributed by atoms with Crippen molar-refractivity contribution in [2.45, 2.75) is 31.8 Å². The van der Waals surface area contributed by atoms with E-state index in [1.165, 1.54) is 0 Å². The zero-order chi connectivity index (χ0) is 13.3. The molecule has 4 nitrogen and oxygen atoms in total. The Labute approximate surface area is 112 Å². The van der Waals surface area contributed by atoms with E-state index < -0.39 is 5.60 Å². The number of pyridine rings is 1. The number of aliphatic hydroxyl groups is 1. The normalized spacial score (nSPS) is 22.0. The SMILES string of the molecule is CCOc1cncc(C2(O)CCCc3occc32)c1. The van der Waals surface area contributed by atoms with E-state index in [1.807, 2.05) is 19.1 Å². The lowest BCUT2D eigenvalue weighted by Crippen LogP contribution is -2.31. The van der Waals surface area contributed by atoms with Crippen molar-refractivity contribution in [1.82, 2.24) is 4.98 Å². The average molecular weight is 259 g/mol. The Morgan fingerprint density at radius 2 is 2.37 bits per heavy atom. The highest BCUT2D eigenvalue weighted by Gasteiger charge is 2.38. The Bertz CT molecular complexity index is 578. The summed E-state index contributed by atoms with van der Waals surface area (Å²) in [5.74, 6) is 1.56. The summed E-state index contributed by atoms with van der Waals surface area (Å²) in [4.78, 5) is 4.17. The van der Waals surface area contributed by atoms with Gasteiger partial charge in [0.15, 0.2) is 0 Å². The second-order valence-corrected chi connectivity index (χ2v) is 4.81. The Balaban J connectivity index is 2.04. The number of nitrogens with zero attached hydrogens (tertiary/aromatic N) is 1. The minimum absolute atomic E-state index is 0.584. The fraction of sp³-hybridized carbons (Fsp3) is 0.400. The molecule has 2 aromatic rings. The van der Waals surface area contributed by atoms with Gasteiger partial charge in [-0.2, -0.15) is 0 Å². The van der Waals surface area contributed by atoms with Crippen LogP contribution >= 0.6 is 0 Å². The van der Waals surface area contributed by atoms with Crippen molar-refractivity contribution < 1.29 is 14.3 Å². The molecule has 1 aliphatic rings. The van der Waals surface area contributed by atoms with Crippen molar-refractivity contribution in [2.24, 2.45) is 0 Å². The molecule has 0 bridgehead atoms. The van der Waals surface area contributed by atoms with Gasteiger partial charge in [0, 0.05) is 23.7 Å². The molecule has 0 spiro atoms. The summed E-state index contributed by atoms with van der Waals surface area (Å²) in [5.41, 5.74) is 0.607. The van der Waals surface area contributed by atoms with E-state index in [0.29, 0.717) is 18.8 Å². The molecule has 0 saturated carbocycles. The molecule has 1 unspecified atom stereocenters. The predicted octanol–water partition coefficient (Wildman–Crippen LogP) is 2.65. The van der Waals surface area contributed by atoms with Gasteiger partial charge in [0.1, 0.15) is 17.1 Å². The topological polar surface area (TPSA) is 55.5 Å². The first kappa shape index (κ1) is 12.2. The summed E-state index contributed by atoms with van der Waals surface area (Å²) >= 11 is 0. The van der Waals surface area contributed by atoms with E-state index in [1.54, 1.807) is 18.7 Å². The van der Waals surface area contributed by atoms with E-state index in [9.17, 15) is 5.11 Å². The Morgan fingerprint density at radius 3 is 3.21 bits per heavy atom. The predicted molar refractivity (Wildman–Crippen MR) is 70.1 cm³/mol. The number of fused-ring (bicyclic) bond motifs is 1. The fourth-order valence-corrected chi connectivity index (χ4v) is 2.73. The van der Waals surface area contributed by atoms with Crippen LogP contribution in [0.3, 0.4) is 0 Å². The van der Waals surface area contributed by atoms with Gasteiger partial charge in [-0.15, -0.1) is 0 Å². The van der Waals surface area contributed by atoms with E-state index in [-0.39, 0.29) is 0 Å². The van der Waals surface area contributed by atoms with E-state index >= 15 is 0 Å². The van der Waals surface area contributed by atoms with Gasteiger partial charge in [0.2, 0.25) is 0 Å². The maximum Gasteiger partial charge on any atom is 0.137 e. The monoisotopic (exact) mass is 259 g/mol. The molecule has 3 rings (SSSR count). The molecular weight excluding hydrogens is 242 g/mol. The third-order valence-electron chi connectivity index (χ3n) is 3.64. The molecular formula is C15H17NO3. The van der Waals surface area contributed by atoms with E-state index in [4.69, 9.17) is 9.15 Å². The maximum absolute atomic E-state index is 11.0. The molecule has 0 fully saturated rings. The van der Waals surface area contributed by atoms with Crippen molar-refractivity contribution in [3.8, 4) is 5.75 Å². The van der Waals surface area contributed by atoms with Crippen LogP contribution in [0.2, 0.25) is 0 Å². The van der Waals surface area contributed by atoms with Crippen molar-refractivity contribution in [3.63, 3.8) is 0 Å². The largest absolute Gasteiger partial charge is 0.492 e. The second-order valence-electron chi connectivity index (χ2n) is 4.81. The number of aromatic nitrogens is 1. The lowest BCUT2D eigenvalue weighted by atomic mass is 9.78. The van der Waals surface area contributed by atoms with Crippen molar-refractivity contribution in [3.05, 3.63) is 47.7 Å². The van der Waals surface area contributed by atoms with E-state index in [2.05, 4.69) is 4.98 Å². The summed E-state index contributed by atoms with van der Waals surface area (Å²) < 4.78 is 10.9. The molecule has 2 aromatic heterocycles. The Kier molecular flexibility index (Phi) is 3.03. The number of hydrogen-bond donors (Lipinski definition) is 1. The van der Waals surface area contributed by atoms with Crippen molar-refractivity contribution in [1.29, 1.82) is 0 Å². The molecule has 19 heavy (non-hydrogen) atoms. The minimum atomic E-state index is -1.01. The van der Waals surface area contributed by atoms with Crippen molar-refractivity contribution in [2.75, 3.05) is 6.61 Å². The Hall–Kier alpha value is -1.81. The first-order chi connectivity index (χ1) is 9.24. The van der Waals surface area contributed by atoms with Gasteiger partial charge in [-0.1, -0.05) is 0 Å². The third-order valence-corrected chi connectivity index (χ3v) is 3.64. The molecule has 0 radical (unpaired) electrons. The van der Waals surface area contributed by atoms with Crippen LogP contribution in [0.1, 0.15) is 36.7 Å². The van der Waals surface area contributed by atoms with Gasteiger partial charge in [-0.3, -0.25) is 4.98 Å². The van der Waals surface area contributed by atoms with Crippen LogP contribution in [0, 0.1) is 0 Å². The summed E-state index contributed by atoms with van der Waals surface area (Å²) in [6.45, 7) is 2.51. The maximum atomic E-state index is 11.0. The Morgan fingerprint density at radius 1 is 1.47 bits per heavy atom. The molecule has 1 N–H and O–H groups in total. The standard InChI is InChI=1S/C15H17NO3/c1-2-18-12-8-11(9-16-10-12)15(17)6-3-4-14-13(15)5-7-19-14/h5,7-10,17H,2-4,6H2,1H3. The number of rotatable bonds is 3. The molecule has 0 aliphatic heterocycles. The molecule has 0 saturated heterocycles. The number of ether oxygens (including phenoxy) is 1. The van der Waals surface area contributed by atoms with Crippen LogP contribution in [0.25, 0.3) is 0 Å². The van der Waals surface area contributed by atoms with Crippen LogP contribution < -0.4 is 4.74 Å². The number of aryl methyl sites for hydroxylation is 1. The minimum Gasteiger partial charge on any atom is -0.492 e. The first-order valence-corrected chi connectivity index (χ1v) is 6.61. The molecule has 4 heteroatoms. The zero-order valence-electron chi connectivity index (χ0n) is 10.9. The highest BCUT2D eigenvalue weighted by atomic mass is 16.5. The lowest BCUT2D eigenvalue weighted by molar-refractivity contribution is 0.0583. The highest BCUT2D eigenvalue weighted by Crippen LogP contribution is 2.41.